The van der Waals surface area contributed by atoms with Crippen LogP contribution < -0.4 is 10.6 Å². The maximum absolute atomic E-state index is 11.2. The van der Waals surface area contributed by atoms with E-state index in [-0.39, 0.29) is 11.9 Å². The summed E-state index contributed by atoms with van der Waals surface area (Å²) in [7, 11) is 0. The number of piperidine rings is 1. The Bertz CT molecular complexity index is 674. The van der Waals surface area contributed by atoms with Crippen LogP contribution in [0.25, 0.3) is 0 Å². The number of hydrogen-bond donors (Lipinski definition) is 2. The van der Waals surface area contributed by atoms with Gasteiger partial charge in [-0.15, -0.1) is 0 Å². The zero-order valence-corrected chi connectivity index (χ0v) is 14.6. The van der Waals surface area contributed by atoms with Crippen molar-refractivity contribution in [3.05, 3.63) is 53.9 Å². The molecule has 132 valence electrons. The van der Waals surface area contributed by atoms with E-state index in [1.165, 1.54) is 5.56 Å². The van der Waals surface area contributed by atoms with Gasteiger partial charge < -0.3 is 10.6 Å². The number of hydrogen-bond acceptors (Lipinski definition) is 5. The van der Waals surface area contributed by atoms with Crippen molar-refractivity contribution in [2.75, 3.05) is 18.4 Å². The maximum atomic E-state index is 11.2. The second-order valence-electron chi connectivity index (χ2n) is 6.53. The van der Waals surface area contributed by atoms with E-state index in [1.54, 1.807) is 6.92 Å². The van der Waals surface area contributed by atoms with Crippen LogP contribution in [0.1, 0.15) is 30.9 Å². The molecule has 25 heavy (non-hydrogen) atoms. The number of nitrogens with one attached hydrogen (secondary N) is 2. The van der Waals surface area contributed by atoms with Gasteiger partial charge in [-0.2, -0.15) is 0 Å². The number of benzene rings is 1. The molecule has 2 aromatic rings. The summed E-state index contributed by atoms with van der Waals surface area (Å²) in [6.07, 6.45) is 5.90. The third-order valence-electron chi connectivity index (χ3n) is 4.32. The van der Waals surface area contributed by atoms with Crippen LogP contribution in [0.2, 0.25) is 0 Å². The summed E-state index contributed by atoms with van der Waals surface area (Å²) in [5.41, 5.74) is 2.29. The fourth-order valence-corrected chi connectivity index (χ4v) is 3.17. The number of aromatic nitrogens is 2. The molecule has 1 aliphatic rings. The molecule has 0 spiro atoms. The van der Waals surface area contributed by atoms with Crippen molar-refractivity contribution in [3.63, 3.8) is 0 Å². The van der Waals surface area contributed by atoms with Gasteiger partial charge in [-0.25, -0.2) is 9.97 Å². The number of carbonyl (C=O) groups excluding carboxylic acids is 1. The Labute approximate surface area is 148 Å². The fraction of sp³-hybridized carbons (Fsp3) is 0.421. The number of likely N-dealkylation sites (tertiary alicyclic amines) is 1. The molecule has 2 N–H and O–H groups in total. The lowest BCUT2D eigenvalue weighted by molar-refractivity contribution is -0.120. The summed E-state index contributed by atoms with van der Waals surface area (Å²) >= 11 is 0. The van der Waals surface area contributed by atoms with Gasteiger partial charge in [-0.05, 0) is 24.9 Å². The molecule has 0 saturated carbocycles. The first-order valence-electron chi connectivity index (χ1n) is 8.77. The molecule has 0 radical (unpaired) electrons. The van der Waals surface area contributed by atoms with Gasteiger partial charge in [0, 0.05) is 50.6 Å². The van der Waals surface area contributed by atoms with Crippen molar-refractivity contribution in [1.82, 2.24) is 20.2 Å². The molecule has 1 aromatic carbocycles. The molecule has 6 nitrogen and oxygen atoms in total. The third-order valence-corrected chi connectivity index (χ3v) is 4.32. The van der Waals surface area contributed by atoms with E-state index < -0.39 is 0 Å². The molecular formula is C19H25N5O. The van der Waals surface area contributed by atoms with E-state index in [0.717, 1.165) is 38.0 Å². The first-order valence-corrected chi connectivity index (χ1v) is 8.77. The lowest BCUT2D eigenvalue weighted by Gasteiger charge is -2.32. The molecule has 0 unspecified atom stereocenters. The van der Waals surface area contributed by atoms with E-state index in [9.17, 15) is 4.79 Å². The smallest absolute Gasteiger partial charge is 0.222 e. The Hall–Kier alpha value is -2.47. The van der Waals surface area contributed by atoms with Gasteiger partial charge in [0.1, 0.15) is 0 Å². The average Bonchev–Trinajstić information content (AvgIpc) is 2.62. The van der Waals surface area contributed by atoms with Crippen LogP contribution in [0.5, 0.6) is 0 Å². The Morgan fingerprint density at radius 2 is 1.96 bits per heavy atom. The van der Waals surface area contributed by atoms with Crippen molar-refractivity contribution < 1.29 is 4.79 Å². The molecule has 1 aliphatic heterocycles. The van der Waals surface area contributed by atoms with Gasteiger partial charge >= 0.3 is 0 Å². The highest BCUT2D eigenvalue weighted by atomic mass is 16.1. The minimum atomic E-state index is 0.0454. The maximum Gasteiger partial charge on any atom is 0.222 e. The molecule has 6 heteroatoms. The monoisotopic (exact) mass is 339 g/mol. The predicted molar refractivity (Wildman–Crippen MR) is 97.9 cm³/mol. The number of carbonyl (C=O) groups is 1. The van der Waals surface area contributed by atoms with Crippen LogP contribution in [-0.4, -0.2) is 39.9 Å². The quantitative estimate of drug-likeness (QED) is 0.844. The summed E-state index contributed by atoms with van der Waals surface area (Å²) in [5.74, 6) is 0.686. The zero-order chi connectivity index (χ0) is 17.5. The molecule has 1 aromatic heterocycles. The van der Waals surface area contributed by atoms with E-state index in [4.69, 9.17) is 0 Å². The average molecular weight is 339 g/mol. The van der Waals surface area contributed by atoms with Crippen LogP contribution in [-0.2, 0) is 17.9 Å². The Morgan fingerprint density at radius 1 is 1.20 bits per heavy atom. The highest BCUT2D eigenvalue weighted by molar-refractivity contribution is 5.73. The van der Waals surface area contributed by atoms with Crippen molar-refractivity contribution in [2.24, 2.45) is 0 Å². The molecule has 3 rings (SSSR count). The predicted octanol–water partition coefficient (Wildman–Crippen LogP) is 2.19. The highest BCUT2D eigenvalue weighted by Gasteiger charge is 2.20. The van der Waals surface area contributed by atoms with Crippen LogP contribution in [0.4, 0.5) is 5.95 Å². The van der Waals surface area contributed by atoms with E-state index in [0.29, 0.717) is 12.5 Å². The van der Waals surface area contributed by atoms with Crippen molar-refractivity contribution in [2.45, 2.75) is 38.9 Å². The fourth-order valence-electron chi connectivity index (χ4n) is 3.17. The topological polar surface area (TPSA) is 70.2 Å². The van der Waals surface area contributed by atoms with E-state index in [1.807, 2.05) is 30.6 Å². The number of amides is 1. The summed E-state index contributed by atoms with van der Waals surface area (Å²) in [5, 5.41) is 6.25. The second kappa shape index (κ2) is 8.58. The molecule has 1 atom stereocenters. The van der Waals surface area contributed by atoms with Gasteiger partial charge in [0.25, 0.3) is 0 Å². The lowest BCUT2D eigenvalue weighted by Crippen LogP contribution is -2.46. The van der Waals surface area contributed by atoms with Crippen molar-refractivity contribution >= 4 is 11.9 Å². The lowest BCUT2D eigenvalue weighted by atomic mass is 10.1. The Morgan fingerprint density at radius 3 is 2.68 bits per heavy atom. The Balaban J connectivity index is 1.49. The largest absolute Gasteiger partial charge is 0.352 e. The molecule has 1 fully saturated rings. The molecule has 2 heterocycles. The molecule has 0 bridgehead atoms. The molecule has 1 amide bonds. The minimum absolute atomic E-state index is 0.0454. The summed E-state index contributed by atoms with van der Waals surface area (Å²) < 4.78 is 0. The third kappa shape index (κ3) is 5.53. The second-order valence-corrected chi connectivity index (χ2v) is 6.53. The van der Waals surface area contributed by atoms with Crippen LogP contribution in [0.3, 0.4) is 0 Å². The van der Waals surface area contributed by atoms with Crippen LogP contribution in [0, 0.1) is 0 Å². The van der Waals surface area contributed by atoms with Crippen LogP contribution in [0.15, 0.2) is 42.7 Å². The molecular weight excluding hydrogens is 314 g/mol. The summed E-state index contributed by atoms with van der Waals surface area (Å²) in [6.45, 7) is 5.03. The molecule has 0 aliphatic carbocycles. The van der Waals surface area contributed by atoms with Gasteiger partial charge in [-0.3, -0.25) is 9.69 Å². The van der Waals surface area contributed by atoms with Gasteiger partial charge in [0.2, 0.25) is 11.9 Å². The number of rotatable bonds is 6. The normalized spacial score (nSPS) is 17.9. The minimum Gasteiger partial charge on any atom is -0.352 e. The SMILES string of the molecule is CC(=O)N[C@H]1CCCN(Cc2cnc(NCc3ccccc3)nc2)C1. The standard InChI is InChI=1S/C19H25N5O/c1-15(25)23-18-8-5-9-24(14-18)13-17-11-21-19(22-12-17)20-10-16-6-3-2-4-7-16/h2-4,6-7,11-12,18H,5,8-10,13-14H2,1H3,(H,23,25)(H,20,21,22)/t18-/m0/s1. The highest BCUT2D eigenvalue weighted by Crippen LogP contribution is 2.13. The molecule has 1 saturated heterocycles. The number of nitrogens with zero attached hydrogens (tertiary/aromatic N) is 3. The summed E-state index contributed by atoms with van der Waals surface area (Å²) in [4.78, 5) is 22.4. The van der Waals surface area contributed by atoms with Gasteiger partial charge in [-0.1, -0.05) is 30.3 Å². The first kappa shape index (κ1) is 17.4. The van der Waals surface area contributed by atoms with Crippen molar-refractivity contribution in [3.8, 4) is 0 Å². The van der Waals surface area contributed by atoms with Gasteiger partial charge in [0.15, 0.2) is 0 Å². The van der Waals surface area contributed by atoms with Crippen molar-refractivity contribution in [1.29, 1.82) is 0 Å². The number of anilines is 1. The van der Waals surface area contributed by atoms with Crippen LogP contribution >= 0.6 is 0 Å². The first-order chi connectivity index (χ1) is 12.2. The Kier molecular flexibility index (Phi) is 5.95. The zero-order valence-electron chi connectivity index (χ0n) is 14.6. The van der Waals surface area contributed by atoms with E-state index in [2.05, 4.69) is 37.6 Å². The van der Waals surface area contributed by atoms with E-state index >= 15 is 0 Å². The summed E-state index contributed by atoms with van der Waals surface area (Å²) in [6, 6.07) is 10.4. The van der Waals surface area contributed by atoms with Gasteiger partial charge in [0.05, 0.1) is 0 Å².